The van der Waals surface area contributed by atoms with E-state index in [1.54, 1.807) is 6.20 Å². The second kappa shape index (κ2) is 3.67. The molecule has 64 valence electrons. The topological polar surface area (TPSA) is 39.1 Å². The molecule has 0 saturated carbocycles. The summed E-state index contributed by atoms with van der Waals surface area (Å²) in [5, 5.41) is 3.14. The normalized spacial score (nSPS) is 9.54. The maximum atomic E-state index is 4.11. The fourth-order valence-corrected chi connectivity index (χ4v) is 1.05. The van der Waals surface area contributed by atoms with E-state index in [4.69, 9.17) is 0 Å². The van der Waals surface area contributed by atoms with Gasteiger partial charge in [0, 0.05) is 6.07 Å². The smallest absolute Gasteiger partial charge is 0.249 e. The third kappa shape index (κ3) is 2.02. The molecule has 2 N–H and O–H groups in total. The van der Waals surface area contributed by atoms with Crippen LogP contribution in [0.3, 0.4) is 0 Å². The summed E-state index contributed by atoms with van der Waals surface area (Å²) in [4.78, 5) is 7.10. The van der Waals surface area contributed by atoms with Crippen molar-refractivity contribution in [3.8, 4) is 0 Å². The monoisotopic (exact) mass is 172 g/mol. The van der Waals surface area contributed by atoms with Crippen molar-refractivity contribution in [1.29, 1.82) is 0 Å². The molecule has 0 atom stereocenters. The molecular weight excluding hydrogens is 162 g/mol. The summed E-state index contributed by atoms with van der Waals surface area (Å²) in [7, 11) is 0. The maximum absolute atomic E-state index is 4.11. The minimum absolute atomic E-state index is 0.744. The van der Waals surface area contributed by atoms with Crippen LogP contribution in [0.15, 0.2) is 48.8 Å². The molecule has 13 heavy (non-hydrogen) atoms. The Bertz CT molecular complexity index is 321. The summed E-state index contributed by atoms with van der Waals surface area (Å²) in [6.45, 7) is 0. The largest absolute Gasteiger partial charge is 0.394 e. The average molecular weight is 172 g/mol. The quantitative estimate of drug-likeness (QED) is 0.747. The first-order chi connectivity index (χ1) is 6.45. The van der Waals surface area contributed by atoms with Gasteiger partial charge in [-0.3, -0.25) is 0 Å². The standard InChI is InChI=1S/C10H9N3/c1-2-5-9(6-3-1)13-10-11-7-4-8-12-10/h1-8H,(H,11,12,13)/p+1. The maximum Gasteiger partial charge on any atom is 0.394 e. The minimum atomic E-state index is 0.744. The Hall–Kier alpha value is -1.90. The van der Waals surface area contributed by atoms with Crippen LogP contribution in [0.25, 0.3) is 0 Å². The van der Waals surface area contributed by atoms with Gasteiger partial charge in [-0.05, 0) is 12.1 Å². The summed E-state index contributed by atoms with van der Waals surface area (Å²) in [6.07, 6.45) is 3.57. The Morgan fingerprint density at radius 3 is 2.62 bits per heavy atom. The molecule has 0 radical (unpaired) electrons. The van der Waals surface area contributed by atoms with E-state index in [0.29, 0.717) is 0 Å². The van der Waals surface area contributed by atoms with Gasteiger partial charge in [0.25, 0.3) is 0 Å². The molecule has 0 unspecified atom stereocenters. The molecule has 0 aliphatic heterocycles. The second-order valence-corrected chi connectivity index (χ2v) is 2.62. The zero-order valence-electron chi connectivity index (χ0n) is 7.07. The van der Waals surface area contributed by atoms with Crippen molar-refractivity contribution < 1.29 is 4.98 Å². The Labute approximate surface area is 76.5 Å². The minimum Gasteiger partial charge on any atom is -0.249 e. The van der Waals surface area contributed by atoms with Gasteiger partial charge in [0.2, 0.25) is 0 Å². The number of hydrogen-bond donors (Lipinski definition) is 1. The molecule has 0 bridgehead atoms. The van der Waals surface area contributed by atoms with Crippen LogP contribution >= 0.6 is 0 Å². The third-order valence-electron chi connectivity index (χ3n) is 1.64. The van der Waals surface area contributed by atoms with Gasteiger partial charge >= 0.3 is 5.95 Å². The SMILES string of the molecule is c1ccc(Nc2nccc[nH+]2)cc1. The molecule has 2 aromatic rings. The Morgan fingerprint density at radius 2 is 1.92 bits per heavy atom. The molecule has 0 spiro atoms. The number of nitrogens with one attached hydrogen (secondary N) is 2. The predicted octanol–water partition coefficient (Wildman–Crippen LogP) is 1.64. The summed E-state index contributed by atoms with van der Waals surface area (Å²) in [6, 6.07) is 11.8. The zero-order chi connectivity index (χ0) is 8.93. The number of hydrogen-bond acceptors (Lipinski definition) is 2. The highest BCUT2D eigenvalue weighted by Gasteiger charge is 2.01. The number of aromatic amines is 1. The summed E-state index contributed by atoms with van der Waals surface area (Å²) >= 11 is 0. The van der Waals surface area contributed by atoms with E-state index in [-0.39, 0.29) is 0 Å². The second-order valence-electron chi connectivity index (χ2n) is 2.62. The van der Waals surface area contributed by atoms with Gasteiger partial charge in [0.15, 0.2) is 0 Å². The first kappa shape index (κ1) is 7.73. The highest BCUT2D eigenvalue weighted by Crippen LogP contribution is 2.08. The van der Waals surface area contributed by atoms with Crippen LogP contribution in [-0.2, 0) is 0 Å². The number of nitrogens with zero attached hydrogens (tertiary/aromatic N) is 1. The van der Waals surface area contributed by atoms with Gasteiger partial charge in [0.1, 0.15) is 6.20 Å². The van der Waals surface area contributed by atoms with Crippen LogP contribution in [0.4, 0.5) is 11.6 Å². The zero-order valence-corrected chi connectivity index (χ0v) is 7.07. The van der Waals surface area contributed by atoms with Crippen molar-refractivity contribution in [2.24, 2.45) is 0 Å². The van der Waals surface area contributed by atoms with Gasteiger partial charge in [-0.15, -0.1) is 0 Å². The molecule has 0 amide bonds. The lowest BCUT2D eigenvalue weighted by molar-refractivity contribution is -0.364. The number of aromatic nitrogens is 2. The lowest BCUT2D eigenvalue weighted by Crippen LogP contribution is -2.10. The van der Waals surface area contributed by atoms with Crippen molar-refractivity contribution in [2.45, 2.75) is 0 Å². The van der Waals surface area contributed by atoms with E-state index in [0.717, 1.165) is 11.6 Å². The molecule has 0 saturated heterocycles. The number of benzene rings is 1. The van der Waals surface area contributed by atoms with Crippen LogP contribution in [0, 0.1) is 0 Å². The molecule has 1 heterocycles. The van der Waals surface area contributed by atoms with Crippen LogP contribution in [0.2, 0.25) is 0 Å². The number of rotatable bonds is 2. The van der Waals surface area contributed by atoms with E-state index in [1.807, 2.05) is 42.6 Å². The van der Waals surface area contributed by atoms with Crippen molar-refractivity contribution >= 4 is 11.6 Å². The van der Waals surface area contributed by atoms with Crippen molar-refractivity contribution in [2.75, 3.05) is 5.32 Å². The van der Waals surface area contributed by atoms with Gasteiger partial charge in [-0.25, -0.2) is 10.3 Å². The average Bonchev–Trinajstić information content (AvgIpc) is 2.21. The predicted molar refractivity (Wildman–Crippen MR) is 50.5 cm³/mol. The summed E-state index contributed by atoms with van der Waals surface area (Å²) in [5.74, 6) is 0.744. The number of H-pyrrole nitrogens is 1. The van der Waals surface area contributed by atoms with Gasteiger partial charge < -0.3 is 0 Å². The first-order valence-corrected chi connectivity index (χ1v) is 4.10. The van der Waals surface area contributed by atoms with Crippen molar-refractivity contribution in [3.05, 3.63) is 48.8 Å². The lowest BCUT2D eigenvalue weighted by Gasteiger charge is -1.95. The summed E-state index contributed by atoms with van der Waals surface area (Å²) < 4.78 is 0. The van der Waals surface area contributed by atoms with E-state index in [1.165, 1.54) is 0 Å². The number of anilines is 2. The highest BCUT2D eigenvalue weighted by atomic mass is 15.1. The molecule has 1 aromatic heterocycles. The van der Waals surface area contributed by atoms with Gasteiger partial charge in [-0.2, -0.15) is 0 Å². The number of para-hydroxylation sites is 1. The Kier molecular flexibility index (Phi) is 2.18. The van der Waals surface area contributed by atoms with Gasteiger partial charge in [0.05, 0.1) is 11.9 Å². The van der Waals surface area contributed by atoms with E-state index < -0.39 is 0 Å². The fraction of sp³-hybridized carbons (Fsp3) is 0. The molecule has 0 fully saturated rings. The van der Waals surface area contributed by atoms with Crippen molar-refractivity contribution in [3.63, 3.8) is 0 Å². The third-order valence-corrected chi connectivity index (χ3v) is 1.64. The lowest BCUT2D eigenvalue weighted by atomic mass is 10.3. The van der Waals surface area contributed by atoms with Crippen LogP contribution in [-0.4, -0.2) is 4.98 Å². The molecule has 3 nitrogen and oxygen atoms in total. The molecule has 2 rings (SSSR count). The molecular formula is C10H10N3+. The van der Waals surface area contributed by atoms with E-state index in [9.17, 15) is 0 Å². The fourth-order valence-electron chi connectivity index (χ4n) is 1.05. The van der Waals surface area contributed by atoms with Crippen LogP contribution in [0.5, 0.6) is 0 Å². The van der Waals surface area contributed by atoms with Gasteiger partial charge in [-0.1, -0.05) is 23.2 Å². The van der Waals surface area contributed by atoms with E-state index >= 15 is 0 Å². The Balaban J connectivity index is 2.16. The van der Waals surface area contributed by atoms with Crippen LogP contribution < -0.4 is 10.3 Å². The van der Waals surface area contributed by atoms with Crippen LogP contribution in [0.1, 0.15) is 0 Å². The first-order valence-electron chi connectivity index (χ1n) is 4.10. The van der Waals surface area contributed by atoms with E-state index in [2.05, 4.69) is 15.3 Å². The highest BCUT2D eigenvalue weighted by molar-refractivity contribution is 5.50. The van der Waals surface area contributed by atoms with Crippen molar-refractivity contribution in [1.82, 2.24) is 4.98 Å². The molecule has 3 heteroatoms. The summed E-state index contributed by atoms with van der Waals surface area (Å²) in [5.41, 5.74) is 1.03. The molecule has 1 aromatic carbocycles. The Morgan fingerprint density at radius 1 is 1.08 bits per heavy atom. The molecule has 0 aliphatic carbocycles. The molecule has 0 aliphatic rings.